The van der Waals surface area contributed by atoms with Gasteiger partial charge in [-0.25, -0.2) is 0 Å². The van der Waals surface area contributed by atoms with Crippen molar-refractivity contribution in [3.63, 3.8) is 0 Å². The van der Waals surface area contributed by atoms with Crippen LogP contribution in [0.15, 0.2) is 15.0 Å². The number of aliphatic hydroxyl groups excluding tert-OH is 1. The Hall–Kier alpha value is -0.0600. The first-order valence-corrected chi connectivity index (χ1v) is 9.90. The number of benzene rings is 1. The molecule has 0 amide bonds. The molecule has 5 atom stereocenters. The molecule has 0 aromatic heterocycles. The molecule has 4 unspecified atom stereocenters. The van der Waals surface area contributed by atoms with Gasteiger partial charge in [0.05, 0.1) is 15.0 Å². The van der Waals surface area contributed by atoms with E-state index in [1.54, 1.807) is 0 Å². The Morgan fingerprint density at radius 3 is 2.73 bits per heavy atom. The molecule has 0 saturated heterocycles. The lowest BCUT2D eigenvalue weighted by atomic mass is 9.55. The van der Waals surface area contributed by atoms with E-state index in [1.165, 1.54) is 24.0 Å². The number of fused-ring (bicyclic) bond motifs is 5. The molecule has 0 heterocycles. The van der Waals surface area contributed by atoms with E-state index in [9.17, 15) is 10.2 Å². The van der Waals surface area contributed by atoms with Gasteiger partial charge in [0, 0.05) is 0 Å². The van der Waals surface area contributed by atoms with Gasteiger partial charge >= 0.3 is 0 Å². The molecule has 0 aliphatic heterocycles. The lowest BCUT2D eigenvalue weighted by molar-refractivity contribution is -0.0226. The average molecular weight is 430 g/mol. The van der Waals surface area contributed by atoms with E-state index in [0.29, 0.717) is 23.5 Å². The van der Waals surface area contributed by atoms with Gasteiger partial charge < -0.3 is 10.2 Å². The van der Waals surface area contributed by atoms with Crippen LogP contribution in [-0.4, -0.2) is 16.3 Å². The molecular formula is C18H22Br2O2. The molecule has 2 saturated carbocycles. The Balaban J connectivity index is 1.76. The SMILES string of the molecule is C[C@]12CCC3c4cc(Br)c(O)c(Br)c4CCC3C1CCC2O. The molecule has 4 heteroatoms. The summed E-state index contributed by atoms with van der Waals surface area (Å²) in [6.45, 7) is 2.31. The fourth-order valence-corrected chi connectivity index (χ4v) is 6.96. The highest BCUT2D eigenvalue weighted by atomic mass is 79.9. The molecule has 3 aliphatic rings. The molecule has 3 aliphatic carbocycles. The second kappa shape index (κ2) is 5.22. The first-order chi connectivity index (χ1) is 10.4. The first kappa shape index (κ1) is 15.5. The van der Waals surface area contributed by atoms with Gasteiger partial charge in [-0.3, -0.25) is 0 Å². The van der Waals surface area contributed by atoms with Crippen molar-refractivity contribution in [1.29, 1.82) is 0 Å². The summed E-state index contributed by atoms with van der Waals surface area (Å²) in [7, 11) is 0. The summed E-state index contributed by atoms with van der Waals surface area (Å²) < 4.78 is 1.66. The van der Waals surface area contributed by atoms with Crippen LogP contribution in [0.2, 0.25) is 0 Å². The standard InChI is InChI=1S/C18H22Br2O2/c1-18-7-6-9-10(13(18)4-5-15(18)21)2-3-11-12(9)8-14(19)17(22)16(11)20/h8-10,13,15,21-22H,2-7H2,1H3/t9?,10?,13?,15?,18-/m0/s1. The molecule has 1 aromatic carbocycles. The Morgan fingerprint density at radius 2 is 1.95 bits per heavy atom. The molecule has 1 aromatic rings. The van der Waals surface area contributed by atoms with Crippen molar-refractivity contribution in [2.45, 2.75) is 57.5 Å². The highest BCUT2D eigenvalue weighted by Crippen LogP contribution is 2.61. The summed E-state index contributed by atoms with van der Waals surface area (Å²) in [5.41, 5.74) is 2.84. The Kier molecular flexibility index (Phi) is 3.67. The molecular weight excluding hydrogens is 408 g/mol. The van der Waals surface area contributed by atoms with Crippen LogP contribution in [0.4, 0.5) is 0 Å². The van der Waals surface area contributed by atoms with Crippen LogP contribution >= 0.6 is 31.9 Å². The first-order valence-electron chi connectivity index (χ1n) is 8.31. The van der Waals surface area contributed by atoms with Crippen LogP contribution in [0, 0.1) is 17.3 Å². The molecule has 4 rings (SSSR count). The quantitative estimate of drug-likeness (QED) is 0.599. The highest BCUT2D eigenvalue weighted by molar-refractivity contribution is 9.11. The molecule has 0 bridgehead atoms. The Bertz CT molecular complexity index is 630. The number of phenolic OH excluding ortho intramolecular Hbond substituents is 1. The number of hydrogen-bond acceptors (Lipinski definition) is 2. The van der Waals surface area contributed by atoms with Gasteiger partial charge in [-0.15, -0.1) is 0 Å². The van der Waals surface area contributed by atoms with Gasteiger partial charge in [0.2, 0.25) is 0 Å². The zero-order valence-corrected chi connectivity index (χ0v) is 16.0. The second-order valence-electron chi connectivity index (χ2n) is 7.64. The number of phenols is 1. The van der Waals surface area contributed by atoms with Gasteiger partial charge in [0.25, 0.3) is 0 Å². The van der Waals surface area contributed by atoms with Gasteiger partial charge in [-0.2, -0.15) is 0 Å². The lowest BCUT2D eigenvalue weighted by Gasteiger charge is -2.50. The predicted octanol–water partition coefficient (Wildman–Crippen LogP) is 5.13. The number of hydrogen-bond donors (Lipinski definition) is 2. The van der Waals surface area contributed by atoms with Crippen molar-refractivity contribution in [1.82, 2.24) is 0 Å². The molecule has 0 spiro atoms. The monoisotopic (exact) mass is 428 g/mol. The summed E-state index contributed by atoms with van der Waals surface area (Å²) in [5, 5.41) is 20.6. The van der Waals surface area contributed by atoms with Gasteiger partial charge in [-0.05, 0) is 111 Å². The molecule has 120 valence electrons. The molecule has 2 fully saturated rings. The van der Waals surface area contributed by atoms with Gasteiger partial charge in [-0.1, -0.05) is 6.92 Å². The molecule has 0 radical (unpaired) electrons. The number of halogens is 2. The van der Waals surface area contributed by atoms with Crippen molar-refractivity contribution in [2.75, 3.05) is 0 Å². The highest BCUT2D eigenvalue weighted by Gasteiger charge is 2.54. The van der Waals surface area contributed by atoms with Crippen LogP contribution in [0.3, 0.4) is 0 Å². The fraction of sp³-hybridized carbons (Fsp3) is 0.667. The minimum absolute atomic E-state index is 0.113. The van der Waals surface area contributed by atoms with Crippen molar-refractivity contribution < 1.29 is 10.2 Å². The smallest absolute Gasteiger partial charge is 0.144 e. The van der Waals surface area contributed by atoms with Crippen LogP contribution in [0.5, 0.6) is 5.75 Å². The fourth-order valence-electron chi connectivity index (χ4n) is 5.61. The molecule has 2 nitrogen and oxygen atoms in total. The van der Waals surface area contributed by atoms with E-state index in [2.05, 4.69) is 44.8 Å². The maximum absolute atomic E-state index is 10.4. The van der Waals surface area contributed by atoms with Gasteiger partial charge in [0.15, 0.2) is 0 Å². The van der Waals surface area contributed by atoms with E-state index < -0.39 is 0 Å². The van der Waals surface area contributed by atoms with Crippen molar-refractivity contribution >= 4 is 31.9 Å². The third-order valence-corrected chi connectivity index (χ3v) is 8.30. The average Bonchev–Trinajstić information content (AvgIpc) is 2.80. The lowest BCUT2D eigenvalue weighted by Crippen LogP contribution is -2.44. The molecule has 2 N–H and O–H groups in total. The van der Waals surface area contributed by atoms with Crippen molar-refractivity contribution in [3.05, 3.63) is 26.1 Å². The minimum Gasteiger partial charge on any atom is -0.506 e. The summed E-state index contributed by atoms with van der Waals surface area (Å²) >= 11 is 7.09. The summed E-state index contributed by atoms with van der Waals surface area (Å²) in [6, 6.07) is 2.14. The van der Waals surface area contributed by atoms with Crippen LogP contribution in [-0.2, 0) is 6.42 Å². The van der Waals surface area contributed by atoms with Crippen LogP contribution in [0.25, 0.3) is 0 Å². The zero-order valence-electron chi connectivity index (χ0n) is 12.8. The van der Waals surface area contributed by atoms with Gasteiger partial charge in [0.1, 0.15) is 5.75 Å². The summed E-state index contributed by atoms with van der Waals surface area (Å²) in [5.74, 6) is 2.25. The number of rotatable bonds is 0. The summed E-state index contributed by atoms with van der Waals surface area (Å²) in [6.07, 6.45) is 6.53. The minimum atomic E-state index is -0.113. The Labute approximate surface area is 148 Å². The largest absolute Gasteiger partial charge is 0.506 e. The maximum Gasteiger partial charge on any atom is 0.144 e. The van der Waals surface area contributed by atoms with E-state index in [-0.39, 0.29) is 11.5 Å². The molecule has 22 heavy (non-hydrogen) atoms. The topological polar surface area (TPSA) is 40.5 Å². The van der Waals surface area contributed by atoms with E-state index >= 15 is 0 Å². The normalized spacial score (nSPS) is 40.0. The predicted molar refractivity (Wildman–Crippen MR) is 94.1 cm³/mol. The number of aromatic hydroxyl groups is 1. The number of aliphatic hydroxyl groups is 1. The van der Waals surface area contributed by atoms with Crippen LogP contribution in [0.1, 0.15) is 56.1 Å². The van der Waals surface area contributed by atoms with Crippen LogP contribution < -0.4 is 0 Å². The van der Waals surface area contributed by atoms with E-state index in [1.807, 2.05) is 0 Å². The van der Waals surface area contributed by atoms with Crippen molar-refractivity contribution in [2.24, 2.45) is 17.3 Å². The van der Waals surface area contributed by atoms with E-state index in [4.69, 9.17) is 0 Å². The van der Waals surface area contributed by atoms with Crippen molar-refractivity contribution in [3.8, 4) is 5.75 Å². The third kappa shape index (κ3) is 1.99. The van der Waals surface area contributed by atoms with E-state index in [0.717, 1.165) is 34.6 Å². The maximum atomic E-state index is 10.4. The third-order valence-electron chi connectivity index (χ3n) is 6.84. The summed E-state index contributed by atoms with van der Waals surface area (Å²) in [4.78, 5) is 0. The Morgan fingerprint density at radius 1 is 1.18 bits per heavy atom. The zero-order chi connectivity index (χ0) is 15.6. The second-order valence-corrected chi connectivity index (χ2v) is 9.29.